The van der Waals surface area contributed by atoms with Crippen molar-refractivity contribution in [2.24, 2.45) is 0 Å². The maximum absolute atomic E-state index is 11.3. The first-order valence-electron chi connectivity index (χ1n) is 5.34. The summed E-state index contributed by atoms with van der Waals surface area (Å²) in [5, 5.41) is 6.48. The molecule has 4 nitrogen and oxygen atoms in total. The molecule has 1 atom stereocenters. The van der Waals surface area contributed by atoms with Crippen LogP contribution in [0.2, 0.25) is 0 Å². The summed E-state index contributed by atoms with van der Waals surface area (Å²) in [6.07, 6.45) is 2.84. The number of hydrogen-bond acceptors (Lipinski definition) is 4. The Kier molecular flexibility index (Phi) is 9.12. The molecule has 1 fully saturated rings. The molecule has 1 amide bonds. The molecule has 1 heterocycles. The molecule has 1 unspecified atom stereocenters. The van der Waals surface area contributed by atoms with Crippen LogP contribution in [0.5, 0.6) is 0 Å². The number of hydrogen-bond donors (Lipinski definition) is 2. The molecule has 1 saturated heterocycles. The molecule has 2 N–H and O–H groups in total. The molecular weight excluding hydrogens is 248 g/mol. The van der Waals surface area contributed by atoms with Crippen LogP contribution in [-0.2, 0) is 9.53 Å². The van der Waals surface area contributed by atoms with Crippen molar-refractivity contribution in [1.82, 2.24) is 10.6 Å². The van der Waals surface area contributed by atoms with Gasteiger partial charge in [0.05, 0.1) is 12.7 Å². The quantitative estimate of drug-likeness (QED) is 0.712. The summed E-state index contributed by atoms with van der Waals surface area (Å²) in [6.45, 7) is 5.22. The van der Waals surface area contributed by atoms with Crippen LogP contribution in [0.15, 0.2) is 0 Å². The Morgan fingerprint density at radius 3 is 2.81 bits per heavy atom. The van der Waals surface area contributed by atoms with Crippen LogP contribution >= 0.6 is 24.2 Å². The monoisotopic (exact) mass is 268 g/mol. The molecular formula is C10H21ClN2O2S. The van der Waals surface area contributed by atoms with E-state index in [1.54, 1.807) is 11.8 Å². The third-order valence-electron chi connectivity index (χ3n) is 2.42. The summed E-state index contributed by atoms with van der Waals surface area (Å²) >= 11 is 1.75. The molecule has 96 valence electrons. The summed E-state index contributed by atoms with van der Waals surface area (Å²) in [7, 11) is 0. The van der Waals surface area contributed by atoms with Crippen LogP contribution in [0.3, 0.4) is 0 Å². The van der Waals surface area contributed by atoms with Crippen molar-refractivity contribution in [3.05, 3.63) is 0 Å². The van der Waals surface area contributed by atoms with Crippen molar-refractivity contribution in [2.45, 2.75) is 24.7 Å². The zero-order chi connectivity index (χ0) is 11.1. The van der Waals surface area contributed by atoms with E-state index < -0.39 is 0 Å². The third kappa shape index (κ3) is 6.58. The Morgan fingerprint density at radius 1 is 1.62 bits per heavy atom. The second-order valence-corrected chi connectivity index (χ2v) is 5.03. The van der Waals surface area contributed by atoms with E-state index in [1.165, 1.54) is 0 Å². The molecule has 0 aromatic rings. The summed E-state index contributed by atoms with van der Waals surface area (Å²) < 4.78 is 5.45. The second-order valence-electron chi connectivity index (χ2n) is 3.75. The van der Waals surface area contributed by atoms with Crippen LogP contribution in [0.25, 0.3) is 0 Å². The number of amides is 1. The van der Waals surface area contributed by atoms with Crippen LogP contribution in [0, 0.1) is 0 Å². The summed E-state index contributed by atoms with van der Waals surface area (Å²) in [5.74, 6) is 0.0863. The van der Waals surface area contributed by atoms with Gasteiger partial charge in [-0.1, -0.05) is 6.92 Å². The standard InChI is InChI=1S/C10H20N2O2S.ClH/c1-8(15-2)5-12-10(13)3-4-14-9-6-11-7-9;/h8-9,11H,3-7H2,1-2H3,(H,12,13);1H. The molecule has 0 aliphatic carbocycles. The van der Waals surface area contributed by atoms with Crippen LogP contribution in [-0.4, -0.2) is 49.8 Å². The zero-order valence-corrected chi connectivity index (χ0v) is 11.5. The molecule has 0 saturated carbocycles. The van der Waals surface area contributed by atoms with Gasteiger partial charge < -0.3 is 15.4 Å². The first-order chi connectivity index (χ1) is 7.22. The van der Waals surface area contributed by atoms with Gasteiger partial charge >= 0.3 is 0 Å². The lowest BCUT2D eigenvalue weighted by molar-refractivity contribution is -0.122. The van der Waals surface area contributed by atoms with Crippen LogP contribution in [0.4, 0.5) is 0 Å². The van der Waals surface area contributed by atoms with Gasteiger partial charge in [-0.05, 0) is 6.26 Å². The molecule has 0 bridgehead atoms. The maximum Gasteiger partial charge on any atom is 0.222 e. The predicted octanol–water partition coefficient (Wildman–Crippen LogP) is 0.654. The SMILES string of the molecule is CSC(C)CNC(=O)CCOC1CNC1.Cl. The zero-order valence-electron chi connectivity index (χ0n) is 9.82. The Bertz CT molecular complexity index is 203. The van der Waals surface area contributed by atoms with Crippen molar-refractivity contribution in [2.75, 3.05) is 32.5 Å². The normalized spacial score (nSPS) is 17.1. The van der Waals surface area contributed by atoms with Crippen LogP contribution in [0.1, 0.15) is 13.3 Å². The number of carbonyl (C=O) groups excluding carboxylic acids is 1. The fourth-order valence-corrected chi connectivity index (χ4v) is 1.38. The highest BCUT2D eigenvalue weighted by molar-refractivity contribution is 7.99. The van der Waals surface area contributed by atoms with E-state index in [-0.39, 0.29) is 18.3 Å². The largest absolute Gasteiger partial charge is 0.375 e. The van der Waals surface area contributed by atoms with E-state index in [9.17, 15) is 4.79 Å². The van der Waals surface area contributed by atoms with Gasteiger partial charge in [0, 0.05) is 31.3 Å². The lowest BCUT2D eigenvalue weighted by atomic mass is 10.2. The fraction of sp³-hybridized carbons (Fsp3) is 0.900. The molecule has 16 heavy (non-hydrogen) atoms. The van der Waals surface area contributed by atoms with E-state index in [4.69, 9.17) is 4.74 Å². The van der Waals surface area contributed by atoms with E-state index in [0.29, 0.717) is 24.4 Å². The van der Waals surface area contributed by atoms with Gasteiger partial charge in [-0.3, -0.25) is 4.79 Å². The van der Waals surface area contributed by atoms with Gasteiger partial charge in [-0.15, -0.1) is 12.4 Å². The summed E-state index contributed by atoms with van der Waals surface area (Å²) in [6, 6.07) is 0. The average molecular weight is 269 g/mol. The summed E-state index contributed by atoms with van der Waals surface area (Å²) in [4.78, 5) is 11.3. The number of rotatable bonds is 7. The highest BCUT2D eigenvalue weighted by atomic mass is 35.5. The number of halogens is 1. The fourth-order valence-electron chi connectivity index (χ4n) is 1.13. The highest BCUT2D eigenvalue weighted by Crippen LogP contribution is 2.03. The van der Waals surface area contributed by atoms with Crippen molar-refractivity contribution in [3.8, 4) is 0 Å². The van der Waals surface area contributed by atoms with E-state index in [0.717, 1.165) is 19.6 Å². The van der Waals surface area contributed by atoms with Gasteiger partial charge in [0.25, 0.3) is 0 Å². The molecule has 0 radical (unpaired) electrons. The van der Waals surface area contributed by atoms with E-state index >= 15 is 0 Å². The first kappa shape index (κ1) is 16.0. The molecule has 0 aromatic heterocycles. The molecule has 0 aromatic carbocycles. The Labute approximate surface area is 108 Å². The number of thioether (sulfide) groups is 1. The third-order valence-corrected chi connectivity index (χ3v) is 3.39. The van der Waals surface area contributed by atoms with Gasteiger partial charge in [0.1, 0.15) is 0 Å². The number of nitrogens with one attached hydrogen (secondary N) is 2. The number of carbonyl (C=O) groups is 1. The lowest BCUT2D eigenvalue weighted by Crippen LogP contribution is -2.48. The maximum atomic E-state index is 11.3. The van der Waals surface area contributed by atoms with Gasteiger partial charge in [0.2, 0.25) is 5.91 Å². The van der Waals surface area contributed by atoms with Crippen molar-refractivity contribution in [3.63, 3.8) is 0 Å². The topological polar surface area (TPSA) is 50.4 Å². The molecule has 0 spiro atoms. The lowest BCUT2D eigenvalue weighted by Gasteiger charge is -2.26. The molecule has 1 rings (SSSR count). The minimum Gasteiger partial charge on any atom is -0.375 e. The predicted molar refractivity (Wildman–Crippen MR) is 70.5 cm³/mol. The van der Waals surface area contributed by atoms with E-state index in [2.05, 4.69) is 17.6 Å². The first-order valence-corrected chi connectivity index (χ1v) is 6.63. The Hall–Kier alpha value is 0.0300. The smallest absolute Gasteiger partial charge is 0.222 e. The second kappa shape index (κ2) is 9.10. The highest BCUT2D eigenvalue weighted by Gasteiger charge is 2.16. The average Bonchev–Trinajstić information content (AvgIpc) is 2.18. The molecule has 1 aliphatic rings. The summed E-state index contributed by atoms with van der Waals surface area (Å²) in [5.41, 5.74) is 0. The van der Waals surface area contributed by atoms with Gasteiger partial charge in [-0.25, -0.2) is 0 Å². The van der Waals surface area contributed by atoms with Crippen LogP contribution < -0.4 is 10.6 Å². The number of ether oxygens (including phenoxy) is 1. The minimum atomic E-state index is 0. The van der Waals surface area contributed by atoms with Crippen molar-refractivity contribution >= 4 is 30.1 Å². The van der Waals surface area contributed by atoms with E-state index in [1.807, 2.05) is 6.26 Å². The molecule has 1 aliphatic heterocycles. The molecule has 6 heteroatoms. The minimum absolute atomic E-state index is 0. The van der Waals surface area contributed by atoms with Crippen molar-refractivity contribution < 1.29 is 9.53 Å². The van der Waals surface area contributed by atoms with Gasteiger partial charge in [0.15, 0.2) is 0 Å². The van der Waals surface area contributed by atoms with Crippen molar-refractivity contribution in [1.29, 1.82) is 0 Å². The van der Waals surface area contributed by atoms with Gasteiger partial charge in [-0.2, -0.15) is 11.8 Å². The Balaban J connectivity index is 0.00000225. The Morgan fingerprint density at radius 2 is 2.31 bits per heavy atom.